The first-order chi connectivity index (χ1) is 15.6. The molecule has 0 unspecified atom stereocenters. The molecule has 0 spiro atoms. The van der Waals surface area contributed by atoms with Gasteiger partial charge in [-0.15, -0.1) is 0 Å². The van der Waals surface area contributed by atoms with Crippen molar-refractivity contribution < 1.29 is 19.5 Å². The van der Waals surface area contributed by atoms with E-state index in [9.17, 15) is 19.5 Å². The topological polar surface area (TPSA) is 71.4 Å². The van der Waals surface area contributed by atoms with E-state index >= 15 is 0 Å². The van der Waals surface area contributed by atoms with Gasteiger partial charge in [0.1, 0.15) is 5.78 Å². The molecule has 0 aromatic rings. The summed E-state index contributed by atoms with van der Waals surface area (Å²) in [4.78, 5) is 39.8. The number of Topliss-reactive ketones (excluding diaryl/α,β-unsaturated/α-hetero) is 1. The SMILES string of the molecule is CC1(C)CC[C@@]2(C(=O)O)CC[C@@]3(C)C(=CC(=O)[C@H]4[C@@]5(C)CCC(=O)C(C)(C)[C@H]5CC[C@@]43C)[C@@H]2C1. The minimum Gasteiger partial charge on any atom is -0.481 e. The Balaban J connectivity index is 1.66. The van der Waals surface area contributed by atoms with Gasteiger partial charge in [0.2, 0.25) is 0 Å². The summed E-state index contributed by atoms with van der Waals surface area (Å²) in [5.74, 6) is -0.0662. The monoisotopic (exact) mass is 468 g/mol. The van der Waals surface area contributed by atoms with E-state index in [0.29, 0.717) is 25.0 Å². The lowest BCUT2D eigenvalue weighted by Crippen LogP contribution is -2.66. The van der Waals surface area contributed by atoms with Gasteiger partial charge >= 0.3 is 5.97 Å². The summed E-state index contributed by atoms with van der Waals surface area (Å²) in [6.07, 6.45) is 9.22. The highest BCUT2D eigenvalue weighted by Crippen LogP contribution is 2.74. The molecule has 0 aliphatic heterocycles. The highest BCUT2D eigenvalue weighted by molar-refractivity contribution is 5.96. The molecule has 0 bridgehead atoms. The molecule has 0 radical (unpaired) electrons. The van der Waals surface area contributed by atoms with Gasteiger partial charge in [0.05, 0.1) is 5.41 Å². The number of rotatable bonds is 1. The molecule has 0 aromatic heterocycles. The zero-order chi connectivity index (χ0) is 25.1. The van der Waals surface area contributed by atoms with Gasteiger partial charge in [-0.05, 0) is 90.9 Å². The maximum absolute atomic E-state index is 14.2. The van der Waals surface area contributed by atoms with E-state index < -0.39 is 16.8 Å². The fourth-order valence-corrected chi connectivity index (χ4v) is 10.3. The van der Waals surface area contributed by atoms with Gasteiger partial charge in [0.25, 0.3) is 0 Å². The molecule has 188 valence electrons. The molecule has 7 atom stereocenters. The van der Waals surface area contributed by atoms with E-state index in [0.717, 1.165) is 44.1 Å². The van der Waals surface area contributed by atoms with Crippen LogP contribution in [-0.4, -0.2) is 22.6 Å². The molecule has 5 aliphatic rings. The van der Waals surface area contributed by atoms with Crippen LogP contribution in [0.15, 0.2) is 11.6 Å². The first kappa shape index (κ1) is 24.3. The summed E-state index contributed by atoms with van der Waals surface area (Å²) in [6.45, 7) is 15.7. The van der Waals surface area contributed by atoms with Crippen molar-refractivity contribution in [2.45, 2.75) is 106 Å². The molecule has 0 saturated heterocycles. The van der Waals surface area contributed by atoms with E-state index in [1.165, 1.54) is 0 Å². The summed E-state index contributed by atoms with van der Waals surface area (Å²) in [5, 5.41) is 10.5. The van der Waals surface area contributed by atoms with E-state index in [4.69, 9.17) is 0 Å². The highest BCUT2D eigenvalue weighted by Gasteiger charge is 2.71. The Morgan fingerprint density at radius 3 is 2.21 bits per heavy atom. The zero-order valence-electron chi connectivity index (χ0n) is 22.3. The van der Waals surface area contributed by atoms with Crippen LogP contribution in [0.3, 0.4) is 0 Å². The molecule has 0 aromatic carbocycles. The van der Waals surface area contributed by atoms with Gasteiger partial charge in [-0.25, -0.2) is 0 Å². The number of allylic oxidation sites excluding steroid dienone is 2. The number of carbonyl (C=O) groups excluding carboxylic acids is 2. The van der Waals surface area contributed by atoms with Crippen molar-refractivity contribution in [3.8, 4) is 0 Å². The Morgan fingerprint density at radius 2 is 1.56 bits per heavy atom. The van der Waals surface area contributed by atoms with Crippen LogP contribution >= 0.6 is 0 Å². The van der Waals surface area contributed by atoms with E-state index in [2.05, 4.69) is 48.5 Å². The quantitative estimate of drug-likeness (QED) is 0.469. The maximum atomic E-state index is 14.2. The van der Waals surface area contributed by atoms with Gasteiger partial charge < -0.3 is 5.11 Å². The average molecular weight is 469 g/mol. The summed E-state index contributed by atoms with van der Waals surface area (Å²) in [5.41, 5.74) is -0.473. The lowest BCUT2D eigenvalue weighted by molar-refractivity contribution is -0.191. The normalized spacial score (nSPS) is 49.1. The molecule has 34 heavy (non-hydrogen) atoms. The maximum Gasteiger partial charge on any atom is 0.310 e. The van der Waals surface area contributed by atoms with Crippen molar-refractivity contribution in [2.24, 2.45) is 50.2 Å². The van der Waals surface area contributed by atoms with Crippen LogP contribution < -0.4 is 0 Å². The van der Waals surface area contributed by atoms with Crippen LogP contribution in [0.4, 0.5) is 0 Å². The van der Waals surface area contributed by atoms with Crippen LogP contribution in [0.1, 0.15) is 106 Å². The third-order valence-electron chi connectivity index (χ3n) is 12.5. The van der Waals surface area contributed by atoms with Crippen molar-refractivity contribution in [1.82, 2.24) is 0 Å². The van der Waals surface area contributed by atoms with Crippen LogP contribution in [0.25, 0.3) is 0 Å². The molecular weight excluding hydrogens is 424 g/mol. The molecule has 0 amide bonds. The van der Waals surface area contributed by atoms with Crippen molar-refractivity contribution in [3.63, 3.8) is 0 Å². The second kappa shape index (κ2) is 6.85. The first-order valence-electron chi connectivity index (χ1n) is 13.6. The van der Waals surface area contributed by atoms with Gasteiger partial charge in [-0.2, -0.15) is 0 Å². The smallest absolute Gasteiger partial charge is 0.310 e. The Hall–Kier alpha value is -1.45. The van der Waals surface area contributed by atoms with E-state index in [1.807, 2.05) is 6.08 Å². The van der Waals surface area contributed by atoms with E-state index in [1.54, 1.807) is 0 Å². The number of fused-ring (bicyclic) bond motifs is 7. The van der Waals surface area contributed by atoms with Crippen molar-refractivity contribution in [3.05, 3.63) is 11.6 Å². The minimum absolute atomic E-state index is 0.0656. The van der Waals surface area contributed by atoms with Crippen LogP contribution in [0, 0.1) is 50.2 Å². The number of hydrogen-bond donors (Lipinski definition) is 1. The lowest BCUT2D eigenvalue weighted by atomic mass is 9.33. The Morgan fingerprint density at radius 1 is 0.912 bits per heavy atom. The second-order valence-electron chi connectivity index (χ2n) is 14.8. The molecule has 0 heterocycles. The standard InChI is InChI=1S/C30H44O4/c1-25(2)12-14-30(24(33)34)15-13-28(6)18(19(30)17-25)16-20(31)23-27(5)10-9-22(32)26(3,4)21(27)8-11-29(23,28)7/h16,19,21,23H,8-15,17H2,1-7H3,(H,33,34)/t19-,21+,23-,27-,28-,29-,30+/m0/s1. The average Bonchev–Trinajstić information content (AvgIpc) is 2.72. The van der Waals surface area contributed by atoms with E-state index in [-0.39, 0.29) is 45.2 Å². The second-order valence-corrected chi connectivity index (χ2v) is 14.8. The lowest BCUT2D eigenvalue weighted by Gasteiger charge is -2.69. The number of carbonyl (C=O) groups is 3. The fourth-order valence-electron chi connectivity index (χ4n) is 10.3. The van der Waals surface area contributed by atoms with Crippen LogP contribution in [-0.2, 0) is 14.4 Å². The number of ketones is 2. The predicted molar refractivity (Wildman–Crippen MR) is 132 cm³/mol. The fraction of sp³-hybridized carbons (Fsp3) is 0.833. The summed E-state index contributed by atoms with van der Waals surface area (Å²) in [7, 11) is 0. The zero-order valence-corrected chi connectivity index (χ0v) is 22.3. The third kappa shape index (κ3) is 2.75. The van der Waals surface area contributed by atoms with Crippen molar-refractivity contribution in [1.29, 1.82) is 0 Å². The molecule has 4 saturated carbocycles. The number of carboxylic acids is 1. The van der Waals surface area contributed by atoms with Crippen molar-refractivity contribution >= 4 is 17.5 Å². The molecule has 1 N–H and O–H groups in total. The number of carboxylic acid groups (broad SMARTS) is 1. The van der Waals surface area contributed by atoms with Crippen LogP contribution in [0.2, 0.25) is 0 Å². The Kier molecular flexibility index (Phi) is 4.89. The number of aliphatic carboxylic acids is 1. The van der Waals surface area contributed by atoms with Gasteiger partial charge in [0.15, 0.2) is 5.78 Å². The molecular formula is C30H44O4. The Bertz CT molecular complexity index is 1000. The van der Waals surface area contributed by atoms with Gasteiger partial charge in [-0.3, -0.25) is 14.4 Å². The summed E-state index contributed by atoms with van der Waals surface area (Å²) < 4.78 is 0. The highest BCUT2D eigenvalue weighted by atomic mass is 16.4. The van der Waals surface area contributed by atoms with Gasteiger partial charge in [0, 0.05) is 17.8 Å². The first-order valence-corrected chi connectivity index (χ1v) is 13.6. The Labute approximate surface area is 205 Å². The summed E-state index contributed by atoms with van der Waals surface area (Å²) in [6, 6.07) is 0. The molecule has 5 aliphatic carbocycles. The summed E-state index contributed by atoms with van der Waals surface area (Å²) >= 11 is 0. The molecule has 4 nitrogen and oxygen atoms in total. The third-order valence-corrected chi connectivity index (χ3v) is 12.5. The minimum atomic E-state index is -0.731. The predicted octanol–water partition coefficient (Wildman–Crippen LogP) is 6.62. The van der Waals surface area contributed by atoms with Crippen LogP contribution in [0.5, 0.6) is 0 Å². The molecule has 5 rings (SSSR count). The largest absolute Gasteiger partial charge is 0.481 e. The number of hydrogen-bond acceptors (Lipinski definition) is 3. The molecule has 4 heteroatoms. The van der Waals surface area contributed by atoms with Crippen molar-refractivity contribution in [2.75, 3.05) is 0 Å². The molecule has 4 fully saturated rings. The van der Waals surface area contributed by atoms with Gasteiger partial charge in [-0.1, -0.05) is 54.0 Å².